The molecule has 1 heterocycles. The number of amides is 1. The zero-order valence-corrected chi connectivity index (χ0v) is 12.2. The number of benzene rings is 2. The second kappa shape index (κ2) is 5.57. The van der Waals surface area contributed by atoms with Gasteiger partial charge in [0.2, 0.25) is 5.91 Å². The van der Waals surface area contributed by atoms with Crippen molar-refractivity contribution in [3.05, 3.63) is 58.8 Å². The highest BCUT2D eigenvalue weighted by Gasteiger charge is 2.29. The van der Waals surface area contributed by atoms with Crippen molar-refractivity contribution in [1.82, 2.24) is 5.06 Å². The van der Waals surface area contributed by atoms with Crippen LogP contribution in [0.25, 0.3) is 0 Å². The van der Waals surface area contributed by atoms with Crippen LogP contribution in [0.15, 0.2) is 42.5 Å². The topological polar surface area (TPSA) is 73.9 Å². The van der Waals surface area contributed by atoms with Crippen LogP contribution in [-0.2, 0) is 0 Å². The monoisotopic (exact) mass is 299 g/mol. The Labute approximate surface area is 127 Å². The molecule has 0 aliphatic carbocycles. The average molecular weight is 299 g/mol. The van der Waals surface area contributed by atoms with Crippen molar-refractivity contribution < 1.29 is 14.3 Å². The Hall–Kier alpha value is -2.73. The number of anilines is 1. The molecule has 3 rings (SSSR count). The summed E-state index contributed by atoms with van der Waals surface area (Å²) in [5.74, 6) is 0.348. The molecule has 0 radical (unpaired) electrons. The quantitative estimate of drug-likeness (QED) is 0.943. The fourth-order valence-electron chi connectivity index (χ4n) is 2.57. The van der Waals surface area contributed by atoms with Gasteiger partial charge in [-0.25, -0.2) is 0 Å². The van der Waals surface area contributed by atoms with Gasteiger partial charge in [0.25, 0.3) is 0 Å². The lowest BCUT2D eigenvalue weighted by atomic mass is 10.0. The number of carbonyl (C=O) groups excluding carboxylic acids is 1. The summed E-state index contributed by atoms with van der Waals surface area (Å²) in [6, 6.07) is 12.1. The summed E-state index contributed by atoms with van der Waals surface area (Å²) in [6.07, 6.45) is -0.868. The van der Waals surface area contributed by atoms with Gasteiger partial charge in [0.05, 0.1) is 19.8 Å². The zero-order valence-electron chi connectivity index (χ0n) is 12.2. The Bertz CT molecular complexity index is 717. The average Bonchev–Trinajstić information content (AvgIpc) is 2.57. The molecule has 1 N–H and O–H groups in total. The molecular weight excluding hydrogens is 284 g/mol. The van der Waals surface area contributed by atoms with Gasteiger partial charge in [0.15, 0.2) is 11.5 Å². The number of nitrogens with zero attached hydrogens (tertiary/aromatic N) is 1. The number of fused-ring (bicyclic) bond motifs is 1. The lowest BCUT2D eigenvalue weighted by Crippen LogP contribution is -2.39. The van der Waals surface area contributed by atoms with Gasteiger partial charge in [0.1, 0.15) is 6.17 Å². The third-order valence-electron chi connectivity index (χ3n) is 3.61. The Kier molecular flexibility index (Phi) is 3.60. The maximum Gasteiger partial charge on any atom is 0.247 e. The van der Waals surface area contributed by atoms with E-state index in [2.05, 4.69) is 5.32 Å². The lowest BCUT2D eigenvalue weighted by molar-refractivity contribution is 0.0769. The van der Waals surface area contributed by atoms with Crippen molar-refractivity contribution in [2.45, 2.75) is 6.17 Å². The second-order valence-electron chi connectivity index (χ2n) is 4.81. The van der Waals surface area contributed by atoms with Gasteiger partial charge in [-0.3, -0.25) is 4.79 Å². The minimum atomic E-state index is -0.868. The van der Waals surface area contributed by atoms with Crippen molar-refractivity contribution in [3.8, 4) is 11.5 Å². The van der Waals surface area contributed by atoms with E-state index in [9.17, 15) is 10.0 Å². The third-order valence-corrected chi connectivity index (χ3v) is 3.61. The molecule has 1 aliphatic rings. The number of hydrogen-bond acceptors (Lipinski definition) is 5. The number of ether oxygens (including phenoxy) is 2. The van der Waals surface area contributed by atoms with Gasteiger partial charge < -0.3 is 25.1 Å². The molecule has 0 saturated heterocycles. The van der Waals surface area contributed by atoms with Crippen molar-refractivity contribution in [2.24, 2.45) is 0 Å². The SMILES string of the molecule is COc1cccc(C2Nc3ccccc3C(=O)N2[O-])c1OC. The smallest absolute Gasteiger partial charge is 0.247 e. The number of hydroxylamine groups is 2. The van der Waals surface area contributed by atoms with E-state index in [-0.39, 0.29) is 0 Å². The van der Waals surface area contributed by atoms with E-state index < -0.39 is 12.1 Å². The van der Waals surface area contributed by atoms with Gasteiger partial charge in [-0.2, -0.15) is 0 Å². The predicted molar refractivity (Wildman–Crippen MR) is 81.9 cm³/mol. The Morgan fingerprint density at radius 3 is 2.59 bits per heavy atom. The molecule has 6 heteroatoms. The first-order valence-corrected chi connectivity index (χ1v) is 6.74. The van der Waals surface area contributed by atoms with E-state index >= 15 is 0 Å². The lowest BCUT2D eigenvalue weighted by Gasteiger charge is -2.42. The van der Waals surface area contributed by atoms with E-state index in [0.29, 0.717) is 33.4 Å². The third kappa shape index (κ3) is 2.14. The molecule has 1 atom stereocenters. The van der Waals surface area contributed by atoms with Gasteiger partial charge in [-0.1, -0.05) is 24.3 Å². The van der Waals surface area contributed by atoms with Gasteiger partial charge in [0, 0.05) is 11.3 Å². The number of para-hydroxylation sites is 2. The van der Waals surface area contributed by atoms with Crippen LogP contribution in [0, 0.1) is 5.21 Å². The van der Waals surface area contributed by atoms with E-state index in [1.165, 1.54) is 14.2 Å². The maximum absolute atomic E-state index is 12.4. The molecule has 1 amide bonds. The van der Waals surface area contributed by atoms with Crippen LogP contribution in [0.2, 0.25) is 0 Å². The normalized spacial score (nSPS) is 16.8. The largest absolute Gasteiger partial charge is 0.754 e. The minimum Gasteiger partial charge on any atom is -0.754 e. The standard InChI is InChI=1S/C16H15N2O4/c1-21-13-9-5-7-11(14(13)22-2)15-17-12-8-4-3-6-10(12)16(19)18(15)20/h3-9,15,17H,1-2H3/q-1. The van der Waals surface area contributed by atoms with Gasteiger partial charge >= 0.3 is 0 Å². The molecule has 0 bridgehead atoms. The van der Waals surface area contributed by atoms with Gasteiger partial charge in [-0.05, 0) is 18.2 Å². The molecule has 1 unspecified atom stereocenters. The van der Waals surface area contributed by atoms with Crippen LogP contribution in [0.5, 0.6) is 11.5 Å². The van der Waals surface area contributed by atoms with E-state index in [1.807, 2.05) is 0 Å². The van der Waals surface area contributed by atoms with Crippen LogP contribution in [0.1, 0.15) is 22.1 Å². The summed E-state index contributed by atoms with van der Waals surface area (Å²) in [5.41, 5.74) is 1.52. The highest BCUT2D eigenvalue weighted by molar-refractivity contribution is 6.02. The Morgan fingerprint density at radius 2 is 1.86 bits per heavy atom. The fourth-order valence-corrected chi connectivity index (χ4v) is 2.57. The highest BCUT2D eigenvalue weighted by Crippen LogP contribution is 2.40. The van der Waals surface area contributed by atoms with Crippen molar-refractivity contribution in [2.75, 3.05) is 19.5 Å². The van der Waals surface area contributed by atoms with Crippen molar-refractivity contribution in [1.29, 1.82) is 0 Å². The van der Waals surface area contributed by atoms with Crippen LogP contribution in [-0.4, -0.2) is 25.2 Å². The molecule has 22 heavy (non-hydrogen) atoms. The summed E-state index contributed by atoms with van der Waals surface area (Å²) >= 11 is 0. The van der Waals surface area contributed by atoms with Crippen LogP contribution < -0.4 is 14.8 Å². The number of rotatable bonds is 3. The molecule has 114 valence electrons. The van der Waals surface area contributed by atoms with Crippen molar-refractivity contribution in [3.63, 3.8) is 0 Å². The van der Waals surface area contributed by atoms with Gasteiger partial charge in [-0.15, -0.1) is 0 Å². The zero-order chi connectivity index (χ0) is 15.7. The van der Waals surface area contributed by atoms with Crippen LogP contribution in [0.4, 0.5) is 5.69 Å². The predicted octanol–water partition coefficient (Wildman–Crippen LogP) is 2.77. The molecule has 0 saturated carbocycles. The molecule has 2 aromatic carbocycles. The summed E-state index contributed by atoms with van der Waals surface area (Å²) in [5, 5.41) is 15.9. The first-order valence-electron chi connectivity index (χ1n) is 6.74. The fraction of sp³-hybridized carbons (Fsp3) is 0.188. The highest BCUT2D eigenvalue weighted by atomic mass is 16.5. The molecular formula is C16H15N2O4-. The van der Waals surface area contributed by atoms with E-state index in [0.717, 1.165) is 0 Å². The summed E-state index contributed by atoms with van der Waals surface area (Å²) in [4.78, 5) is 12.3. The summed E-state index contributed by atoms with van der Waals surface area (Å²) in [6.45, 7) is 0. The second-order valence-corrected chi connectivity index (χ2v) is 4.81. The number of nitrogens with one attached hydrogen (secondary N) is 1. The molecule has 6 nitrogen and oxygen atoms in total. The first-order chi connectivity index (χ1) is 10.7. The Balaban J connectivity index is 2.09. The first kappa shape index (κ1) is 14.2. The molecule has 0 fully saturated rings. The summed E-state index contributed by atoms with van der Waals surface area (Å²) < 4.78 is 10.6. The van der Waals surface area contributed by atoms with E-state index in [4.69, 9.17) is 9.47 Å². The molecule has 0 aromatic heterocycles. The number of methoxy groups -OCH3 is 2. The molecule has 1 aliphatic heterocycles. The van der Waals surface area contributed by atoms with Crippen LogP contribution >= 0.6 is 0 Å². The maximum atomic E-state index is 12.4. The van der Waals surface area contributed by atoms with Crippen LogP contribution in [0.3, 0.4) is 0 Å². The van der Waals surface area contributed by atoms with E-state index in [1.54, 1.807) is 42.5 Å². The Morgan fingerprint density at radius 1 is 1.09 bits per heavy atom. The number of hydrogen-bond donors (Lipinski definition) is 1. The molecule has 2 aromatic rings. The molecule has 0 spiro atoms. The summed E-state index contributed by atoms with van der Waals surface area (Å²) in [7, 11) is 3.01. The number of carbonyl (C=O) groups is 1. The van der Waals surface area contributed by atoms with Crippen molar-refractivity contribution >= 4 is 11.6 Å². The minimum absolute atomic E-state index is 0.357.